The van der Waals surface area contributed by atoms with E-state index < -0.39 is 5.54 Å². The molecule has 0 aliphatic heterocycles. The molecule has 4 heteroatoms. The van der Waals surface area contributed by atoms with Gasteiger partial charge < -0.3 is 11.1 Å². The number of amides is 1. The van der Waals surface area contributed by atoms with Gasteiger partial charge >= 0.3 is 0 Å². The first-order valence-corrected chi connectivity index (χ1v) is 6.47. The van der Waals surface area contributed by atoms with Crippen molar-refractivity contribution in [1.82, 2.24) is 5.32 Å². The van der Waals surface area contributed by atoms with Gasteiger partial charge in [-0.1, -0.05) is 34.1 Å². The maximum absolute atomic E-state index is 11.5. The summed E-state index contributed by atoms with van der Waals surface area (Å²) in [5.41, 5.74) is 6.52. The number of hydrogen-bond acceptors (Lipinski definition) is 2. The van der Waals surface area contributed by atoms with Crippen LogP contribution >= 0.6 is 15.9 Å². The zero-order valence-electron chi connectivity index (χ0n) is 10.3. The Hall–Kier alpha value is -0.870. The fourth-order valence-corrected chi connectivity index (χ4v) is 2.00. The third-order valence-corrected chi connectivity index (χ3v) is 3.06. The van der Waals surface area contributed by atoms with Crippen LogP contribution in [0.5, 0.6) is 0 Å². The number of hydrogen-bond donors (Lipinski definition) is 2. The highest BCUT2D eigenvalue weighted by atomic mass is 79.9. The van der Waals surface area contributed by atoms with Crippen LogP contribution in [-0.4, -0.2) is 18.0 Å². The number of nitrogens with two attached hydrogens (primary N) is 1. The summed E-state index contributed by atoms with van der Waals surface area (Å²) in [6.45, 7) is 4.33. The number of carbonyl (C=O) groups is 1. The normalized spacial score (nSPS) is 11.3. The molecule has 1 amide bonds. The van der Waals surface area contributed by atoms with Gasteiger partial charge in [0.15, 0.2) is 0 Å². The maximum atomic E-state index is 11.5. The fraction of sp³-hybridized carbons (Fsp3) is 0.462. The van der Waals surface area contributed by atoms with Crippen molar-refractivity contribution in [3.63, 3.8) is 0 Å². The summed E-state index contributed by atoms with van der Waals surface area (Å²) in [7, 11) is 0. The average molecular weight is 299 g/mol. The first-order valence-electron chi connectivity index (χ1n) is 5.67. The zero-order valence-corrected chi connectivity index (χ0v) is 11.9. The van der Waals surface area contributed by atoms with E-state index in [9.17, 15) is 4.79 Å². The number of nitrogens with one attached hydrogen (secondary N) is 1. The van der Waals surface area contributed by atoms with E-state index in [1.54, 1.807) is 0 Å². The molecule has 0 saturated heterocycles. The minimum Gasteiger partial charge on any atom is -0.356 e. The second kappa shape index (κ2) is 6.17. The second-order valence-electron chi connectivity index (χ2n) is 4.86. The van der Waals surface area contributed by atoms with Gasteiger partial charge in [-0.15, -0.1) is 0 Å². The third kappa shape index (κ3) is 5.84. The molecule has 0 unspecified atom stereocenters. The van der Waals surface area contributed by atoms with Gasteiger partial charge in [0.2, 0.25) is 5.91 Å². The number of carbonyl (C=O) groups excluding carboxylic acids is 1. The van der Waals surface area contributed by atoms with Gasteiger partial charge in [-0.2, -0.15) is 0 Å². The molecule has 0 spiro atoms. The van der Waals surface area contributed by atoms with Gasteiger partial charge in [-0.05, 0) is 31.9 Å². The molecular weight excluding hydrogens is 280 g/mol. The minimum absolute atomic E-state index is 0.00422. The average Bonchev–Trinajstić information content (AvgIpc) is 2.18. The highest BCUT2D eigenvalue weighted by molar-refractivity contribution is 9.10. The van der Waals surface area contributed by atoms with Crippen molar-refractivity contribution >= 4 is 21.8 Å². The van der Waals surface area contributed by atoms with Crippen LogP contribution in [0, 0.1) is 0 Å². The lowest BCUT2D eigenvalue weighted by molar-refractivity contribution is -0.121. The van der Waals surface area contributed by atoms with Crippen molar-refractivity contribution in [2.75, 3.05) is 6.54 Å². The third-order valence-electron chi connectivity index (χ3n) is 2.29. The van der Waals surface area contributed by atoms with E-state index in [-0.39, 0.29) is 5.91 Å². The van der Waals surface area contributed by atoms with E-state index in [1.165, 1.54) is 5.56 Å². The van der Waals surface area contributed by atoms with Crippen molar-refractivity contribution in [3.8, 4) is 0 Å². The molecule has 0 heterocycles. The van der Waals surface area contributed by atoms with Crippen LogP contribution in [0.1, 0.15) is 25.8 Å². The highest BCUT2D eigenvalue weighted by Crippen LogP contribution is 2.15. The molecule has 0 bridgehead atoms. The molecule has 1 rings (SSSR count). The Morgan fingerprint density at radius 1 is 1.41 bits per heavy atom. The second-order valence-corrected chi connectivity index (χ2v) is 5.71. The highest BCUT2D eigenvalue weighted by Gasteiger charge is 2.15. The first-order chi connectivity index (χ1) is 7.88. The molecule has 0 aliphatic rings. The minimum atomic E-state index is -0.447. The van der Waals surface area contributed by atoms with E-state index in [2.05, 4.69) is 21.2 Å². The largest absolute Gasteiger partial charge is 0.356 e. The quantitative estimate of drug-likeness (QED) is 0.876. The molecular formula is C13H19BrN2O. The summed E-state index contributed by atoms with van der Waals surface area (Å²) in [6, 6.07) is 8.01. The van der Waals surface area contributed by atoms with E-state index >= 15 is 0 Å². The predicted molar refractivity (Wildman–Crippen MR) is 73.7 cm³/mol. The molecule has 0 saturated carbocycles. The Morgan fingerprint density at radius 2 is 2.06 bits per heavy atom. The molecule has 1 aromatic rings. The van der Waals surface area contributed by atoms with Gasteiger partial charge in [0.25, 0.3) is 0 Å². The Bertz CT molecular complexity index is 385. The van der Waals surface area contributed by atoms with Gasteiger partial charge in [0.05, 0.1) is 0 Å². The Kier molecular flexibility index (Phi) is 5.15. The van der Waals surface area contributed by atoms with E-state index in [1.807, 2.05) is 38.1 Å². The van der Waals surface area contributed by atoms with Crippen molar-refractivity contribution in [2.24, 2.45) is 5.73 Å². The van der Waals surface area contributed by atoms with Crippen molar-refractivity contribution < 1.29 is 4.79 Å². The summed E-state index contributed by atoms with van der Waals surface area (Å²) in [5, 5.41) is 2.88. The molecule has 0 aromatic heterocycles. The Balaban J connectivity index is 2.34. The maximum Gasteiger partial charge on any atom is 0.221 e. The molecule has 94 valence electrons. The van der Waals surface area contributed by atoms with Crippen molar-refractivity contribution in [2.45, 2.75) is 32.2 Å². The number of halogens is 1. The fourth-order valence-electron chi connectivity index (χ4n) is 1.51. The van der Waals surface area contributed by atoms with Crippen LogP contribution in [0.4, 0.5) is 0 Å². The Morgan fingerprint density at radius 3 is 2.65 bits per heavy atom. The smallest absolute Gasteiger partial charge is 0.221 e. The van der Waals surface area contributed by atoms with Gasteiger partial charge in [0.1, 0.15) is 0 Å². The predicted octanol–water partition coefficient (Wildman–Crippen LogP) is 2.24. The topological polar surface area (TPSA) is 55.1 Å². The van der Waals surface area contributed by atoms with Crippen LogP contribution in [-0.2, 0) is 11.2 Å². The first kappa shape index (κ1) is 14.2. The van der Waals surface area contributed by atoms with Crippen LogP contribution in [0.25, 0.3) is 0 Å². The number of benzene rings is 1. The van der Waals surface area contributed by atoms with E-state index in [0.717, 1.165) is 10.9 Å². The van der Waals surface area contributed by atoms with Crippen molar-refractivity contribution in [3.05, 3.63) is 34.3 Å². The summed E-state index contributed by atoms with van der Waals surface area (Å²) >= 11 is 3.48. The molecule has 0 radical (unpaired) electrons. The summed E-state index contributed by atoms with van der Waals surface area (Å²) in [6.07, 6.45) is 1.17. The molecule has 17 heavy (non-hydrogen) atoms. The lowest BCUT2D eigenvalue weighted by Gasteiger charge is -2.17. The lowest BCUT2D eigenvalue weighted by atomic mass is 10.0. The zero-order chi connectivity index (χ0) is 12.9. The standard InChI is InChI=1S/C13H19BrN2O/c1-13(2,15)9-12(17)16-8-7-10-5-3-4-6-11(10)14/h3-6H,7-9,15H2,1-2H3,(H,16,17). The lowest BCUT2D eigenvalue weighted by Crippen LogP contribution is -2.39. The molecule has 0 aliphatic carbocycles. The van der Waals surface area contributed by atoms with Crippen LogP contribution in [0.15, 0.2) is 28.7 Å². The summed E-state index contributed by atoms with van der Waals surface area (Å²) in [5.74, 6) is 0.00422. The van der Waals surface area contributed by atoms with Crippen LogP contribution in [0.2, 0.25) is 0 Å². The van der Waals surface area contributed by atoms with Crippen LogP contribution < -0.4 is 11.1 Å². The number of rotatable bonds is 5. The molecule has 3 N–H and O–H groups in total. The summed E-state index contributed by atoms with van der Waals surface area (Å²) in [4.78, 5) is 11.5. The van der Waals surface area contributed by atoms with Gasteiger partial charge in [-0.3, -0.25) is 4.79 Å². The van der Waals surface area contributed by atoms with Crippen LogP contribution in [0.3, 0.4) is 0 Å². The molecule has 0 fully saturated rings. The van der Waals surface area contributed by atoms with Gasteiger partial charge in [-0.25, -0.2) is 0 Å². The van der Waals surface area contributed by atoms with E-state index in [0.29, 0.717) is 13.0 Å². The molecule has 3 nitrogen and oxygen atoms in total. The molecule has 1 aromatic carbocycles. The SMILES string of the molecule is CC(C)(N)CC(=O)NCCc1ccccc1Br. The summed E-state index contributed by atoms with van der Waals surface area (Å²) < 4.78 is 1.08. The Labute approximate surface area is 111 Å². The van der Waals surface area contributed by atoms with Gasteiger partial charge in [0, 0.05) is 23.0 Å². The molecule has 0 atom stereocenters. The van der Waals surface area contributed by atoms with E-state index in [4.69, 9.17) is 5.73 Å². The monoisotopic (exact) mass is 298 g/mol. The van der Waals surface area contributed by atoms with Crippen molar-refractivity contribution in [1.29, 1.82) is 0 Å².